The van der Waals surface area contributed by atoms with Crippen molar-refractivity contribution in [3.8, 4) is 11.8 Å². The van der Waals surface area contributed by atoms with Crippen LogP contribution >= 0.6 is 0 Å². The minimum Gasteiger partial charge on any atom is -0.359 e. The molecule has 0 radical (unpaired) electrons. The summed E-state index contributed by atoms with van der Waals surface area (Å²) in [4.78, 5) is 4.57. The van der Waals surface area contributed by atoms with Crippen LogP contribution in [0.5, 0.6) is 0 Å². The molecular formula is C14H14N2. The van der Waals surface area contributed by atoms with Crippen LogP contribution in [0.25, 0.3) is 10.9 Å². The number of benzene rings is 1. The first kappa shape index (κ1) is 10.5. The Morgan fingerprint density at radius 1 is 1.31 bits per heavy atom. The molecule has 16 heavy (non-hydrogen) atoms. The van der Waals surface area contributed by atoms with Gasteiger partial charge in [0.2, 0.25) is 0 Å². The van der Waals surface area contributed by atoms with E-state index in [0.29, 0.717) is 6.54 Å². The van der Waals surface area contributed by atoms with Crippen LogP contribution in [0, 0.1) is 18.8 Å². The quantitative estimate of drug-likeness (QED) is 0.771. The van der Waals surface area contributed by atoms with Gasteiger partial charge < -0.3 is 5.32 Å². The molecule has 0 saturated heterocycles. The summed E-state index contributed by atoms with van der Waals surface area (Å²) in [5.41, 5.74) is 2.16. The first-order chi connectivity index (χ1) is 7.81. The van der Waals surface area contributed by atoms with Crippen molar-refractivity contribution in [3.63, 3.8) is 0 Å². The molecule has 0 bridgehead atoms. The second-order valence-corrected chi connectivity index (χ2v) is 3.63. The first-order valence-corrected chi connectivity index (χ1v) is 5.31. The third kappa shape index (κ3) is 2.14. The van der Waals surface area contributed by atoms with Crippen LogP contribution in [0.4, 0.5) is 5.82 Å². The van der Waals surface area contributed by atoms with Crippen LogP contribution in [0.3, 0.4) is 0 Å². The molecule has 0 atom stereocenters. The summed E-state index contributed by atoms with van der Waals surface area (Å²) in [7, 11) is 0. The van der Waals surface area contributed by atoms with Crippen molar-refractivity contribution in [2.45, 2.75) is 13.8 Å². The lowest BCUT2D eigenvalue weighted by Gasteiger charge is -2.07. The second-order valence-electron chi connectivity index (χ2n) is 3.63. The van der Waals surface area contributed by atoms with Gasteiger partial charge in [0.05, 0.1) is 12.1 Å². The number of para-hydroxylation sites is 1. The van der Waals surface area contributed by atoms with Crippen LogP contribution in [-0.4, -0.2) is 11.5 Å². The predicted octanol–water partition coefficient (Wildman–Crippen LogP) is 2.98. The zero-order chi connectivity index (χ0) is 11.4. The van der Waals surface area contributed by atoms with E-state index in [9.17, 15) is 0 Å². The Kier molecular flexibility index (Phi) is 3.07. The highest BCUT2D eigenvalue weighted by Crippen LogP contribution is 2.18. The number of aromatic nitrogens is 1. The van der Waals surface area contributed by atoms with Gasteiger partial charge in [0.25, 0.3) is 0 Å². The van der Waals surface area contributed by atoms with E-state index in [2.05, 4.69) is 41.2 Å². The summed E-state index contributed by atoms with van der Waals surface area (Å²) < 4.78 is 0. The van der Waals surface area contributed by atoms with Crippen LogP contribution in [0.2, 0.25) is 0 Å². The molecule has 2 nitrogen and oxygen atoms in total. The molecule has 0 aliphatic heterocycles. The summed E-state index contributed by atoms with van der Waals surface area (Å²) >= 11 is 0. The minimum atomic E-state index is 0.642. The zero-order valence-electron chi connectivity index (χ0n) is 9.54. The van der Waals surface area contributed by atoms with Gasteiger partial charge in [0.1, 0.15) is 5.82 Å². The number of hydrogen-bond donors (Lipinski definition) is 1. The van der Waals surface area contributed by atoms with E-state index in [0.717, 1.165) is 16.9 Å². The van der Waals surface area contributed by atoms with E-state index in [1.54, 1.807) is 0 Å². The Morgan fingerprint density at radius 2 is 2.12 bits per heavy atom. The molecule has 1 aromatic heterocycles. The normalized spacial score (nSPS) is 9.62. The average molecular weight is 210 g/mol. The molecular weight excluding hydrogens is 196 g/mol. The molecule has 1 aromatic carbocycles. The van der Waals surface area contributed by atoms with E-state index < -0.39 is 0 Å². The second kappa shape index (κ2) is 4.67. The van der Waals surface area contributed by atoms with Gasteiger partial charge >= 0.3 is 0 Å². The summed E-state index contributed by atoms with van der Waals surface area (Å²) in [6.45, 7) is 4.53. The third-order valence-corrected chi connectivity index (χ3v) is 2.44. The molecule has 2 aromatic rings. The average Bonchev–Trinajstić information content (AvgIpc) is 2.30. The molecule has 0 aliphatic carbocycles. The maximum absolute atomic E-state index is 4.57. The van der Waals surface area contributed by atoms with Crippen molar-refractivity contribution in [1.29, 1.82) is 0 Å². The van der Waals surface area contributed by atoms with E-state index >= 15 is 0 Å². The van der Waals surface area contributed by atoms with Crippen LogP contribution in [0.15, 0.2) is 30.3 Å². The number of aryl methyl sites for hydroxylation is 1. The van der Waals surface area contributed by atoms with Crippen LogP contribution in [0.1, 0.15) is 12.5 Å². The molecule has 1 N–H and O–H groups in total. The van der Waals surface area contributed by atoms with Crippen LogP contribution in [-0.2, 0) is 0 Å². The van der Waals surface area contributed by atoms with Crippen molar-refractivity contribution in [2.24, 2.45) is 0 Å². The number of nitrogens with one attached hydrogen (secondary N) is 1. The molecule has 0 amide bonds. The van der Waals surface area contributed by atoms with Gasteiger partial charge in [-0.15, -0.1) is 5.92 Å². The van der Waals surface area contributed by atoms with Crippen molar-refractivity contribution < 1.29 is 0 Å². The highest BCUT2D eigenvalue weighted by Gasteiger charge is 2.01. The molecule has 0 saturated carbocycles. The molecule has 0 spiro atoms. The Hall–Kier alpha value is -2.01. The topological polar surface area (TPSA) is 24.9 Å². The monoisotopic (exact) mass is 210 g/mol. The van der Waals surface area contributed by atoms with Gasteiger partial charge in [-0.3, -0.25) is 0 Å². The number of nitrogens with zero attached hydrogens (tertiary/aromatic N) is 1. The lowest BCUT2D eigenvalue weighted by atomic mass is 10.1. The van der Waals surface area contributed by atoms with Crippen molar-refractivity contribution in [2.75, 3.05) is 11.9 Å². The molecule has 2 rings (SSSR count). The number of rotatable bonds is 2. The highest BCUT2D eigenvalue weighted by atomic mass is 15.0. The maximum atomic E-state index is 4.57. The highest BCUT2D eigenvalue weighted by molar-refractivity contribution is 5.81. The van der Waals surface area contributed by atoms with E-state index in [1.807, 2.05) is 25.1 Å². The molecule has 2 heteroatoms. The summed E-state index contributed by atoms with van der Waals surface area (Å²) in [6, 6.07) is 10.3. The standard InChI is InChI=1S/C14H14N2/c1-3-4-9-15-14-11(2)10-12-7-5-6-8-13(12)16-14/h5-8,10H,9H2,1-2H3,(H,15,16). The van der Waals surface area contributed by atoms with Gasteiger partial charge in [0.15, 0.2) is 0 Å². The lowest BCUT2D eigenvalue weighted by molar-refractivity contribution is 1.24. The van der Waals surface area contributed by atoms with Gasteiger partial charge in [-0.1, -0.05) is 24.1 Å². The smallest absolute Gasteiger partial charge is 0.130 e. The van der Waals surface area contributed by atoms with Crippen molar-refractivity contribution in [1.82, 2.24) is 4.98 Å². The predicted molar refractivity (Wildman–Crippen MR) is 68.4 cm³/mol. The Labute approximate surface area is 95.7 Å². The van der Waals surface area contributed by atoms with Gasteiger partial charge in [-0.25, -0.2) is 4.98 Å². The minimum absolute atomic E-state index is 0.642. The van der Waals surface area contributed by atoms with Crippen molar-refractivity contribution >= 4 is 16.7 Å². The fourth-order valence-electron chi connectivity index (χ4n) is 1.62. The molecule has 0 aliphatic rings. The fourth-order valence-corrected chi connectivity index (χ4v) is 1.62. The maximum Gasteiger partial charge on any atom is 0.130 e. The Morgan fingerprint density at radius 3 is 2.94 bits per heavy atom. The SMILES string of the molecule is CC#CCNc1nc2ccccc2cc1C. The summed E-state index contributed by atoms with van der Waals surface area (Å²) in [5, 5.41) is 4.39. The first-order valence-electron chi connectivity index (χ1n) is 5.31. The largest absolute Gasteiger partial charge is 0.359 e. The van der Waals surface area contributed by atoms with Gasteiger partial charge in [-0.05, 0) is 31.5 Å². The zero-order valence-corrected chi connectivity index (χ0v) is 9.54. The Bertz CT molecular complexity index is 562. The number of pyridine rings is 1. The number of hydrogen-bond acceptors (Lipinski definition) is 2. The van der Waals surface area contributed by atoms with Crippen LogP contribution < -0.4 is 5.32 Å². The van der Waals surface area contributed by atoms with E-state index in [4.69, 9.17) is 0 Å². The number of anilines is 1. The van der Waals surface area contributed by atoms with Crippen molar-refractivity contribution in [3.05, 3.63) is 35.9 Å². The fraction of sp³-hybridized carbons (Fsp3) is 0.214. The van der Waals surface area contributed by atoms with E-state index in [-0.39, 0.29) is 0 Å². The molecule has 0 unspecified atom stereocenters. The van der Waals surface area contributed by atoms with Gasteiger partial charge in [-0.2, -0.15) is 0 Å². The summed E-state index contributed by atoms with van der Waals surface area (Å²) in [5.74, 6) is 6.74. The molecule has 1 heterocycles. The molecule has 80 valence electrons. The Balaban J connectivity index is 2.36. The summed E-state index contributed by atoms with van der Waals surface area (Å²) in [6.07, 6.45) is 0. The van der Waals surface area contributed by atoms with E-state index in [1.165, 1.54) is 5.39 Å². The van der Waals surface area contributed by atoms with Gasteiger partial charge in [0, 0.05) is 5.39 Å². The molecule has 0 fully saturated rings. The lowest BCUT2D eigenvalue weighted by Crippen LogP contribution is -2.03. The third-order valence-electron chi connectivity index (χ3n) is 2.44. The number of fused-ring (bicyclic) bond motifs is 1.